The lowest BCUT2D eigenvalue weighted by Gasteiger charge is -2.20. The number of methoxy groups -OCH3 is 2. The molecule has 0 saturated carbocycles. The zero-order valence-electron chi connectivity index (χ0n) is 14.5. The van der Waals surface area contributed by atoms with Crippen LogP contribution in [0.25, 0.3) is 0 Å². The average molecular weight is 352 g/mol. The average Bonchev–Trinajstić information content (AvgIpc) is 2.60. The maximum absolute atomic E-state index is 11.8. The Bertz CT molecular complexity index is 582. The molecule has 132 valence electrons. The first kappa shape index (κ1) is 19.9. The molecule has 0 aliphatic rings. The van der Waals surface area contributed by atoms with Crippen LogP contribution in [0, 0.1) is 0 Å². The van der Waals surface area contributed by atoms with E-state index in [1.165, 1.54) is 14.2 Å². The molecule has 0 spiro atoms. The van der Waals surface area contributed by atoms with Crippen molar-refractivity contribution in [2.75, 3.05) is 19.5 Å². The zero-order chi connectivity index (χ0) is 18.1. The summed E-state index contributed by atoms with van der Waals surface area (Å²) < 4.78 is 9.30. The third-order valence-corrected chi connectivity index (χ3v) is 3.85. The van der Waals surface area contributed by atoms with E-state index in [1.807, 2.05) is 18.2 Å². The standard InChI is InChI=1S/C17H24N2O4S/c1-5-11-8-7-9-12(6-2)15(11)19-17(24)18-13(16(21)23-4)10-14(20)22-3/h7-9,13H,5-6,10H2,1-4H3,(H2,18,19,24)/t13-/m0/s1. The molecule has 0 unspecified atom stereocenters. The lowest BCUT2D eigenvalue weighted by atomic mass is 10.0. The van der Waals surface area contributed by atoms with E-state index in [1.54, 1.807) is 0 Å². The van der Waals surface area contributed by atoms with Gasteiger partial charge in [0.25, 0.3) is 0 Å². The summed E-state index contributed by atoms with van der Waals surface area (Å²) in [6, 6.07) is 5.15. The molecule has 1 rings (SSSR count). The summed E-state index contributed by atoms with van der Waals surface area (Å²) in [7, 11) is 2.52. The van der Waals surface area contributed by atoms with Crippen LogP contribution < -0.4 is 10.6 Å². The Hall–Kier alpha value is -2.15. The van der Waals surface area contributed by atoms with Crippen LogP contribution in [-0.2, 0) is 31.9 Å². The summed E-state index contributed by atoms with van der Waals surface area (Å²) in [5.41, 5.74) is 3.18. The molecule has 6 nitrogen and oxygen atoms in total. The number of thiocarbonyl (C=S) groups is 1. The van der Waals surface area contributed by atoms with Gasteiger partial charge in [-0.1, -0.05) is 32.0 Å². The number of anilines is 1. The Balaban J connectivity index is 2.90. The van der Waals surface area contributed by atoms with Gasteiger partial charge in [-0.05, 0) is 36.2 Å². The van der Waals surface area contributed by atoms with E-state index < -0.39 is 18.0 Å². The molecule has 0 amide bonds. The SMILES string of the molecule is CCc1cccc(CC)c1NC(=S)N[C@@H](CC(=O)OC)C(=O)OC. The van der Waals surface area contributed by atoms with Crippen molar-refractivity contribution in [3.8, 4) is 0 Å². The predicted octanol–water partition coefficient (Wildman–Crippen LogP) is 2.20. The number of carbonyl (C=O) groups is 2. The van der Waals surface area contributed by atoms with Crippen molar-refractivity contribution in [1.29, 1.82) is 0 Å². The van der Waals surface area contributed by atoms with Gasteiger partial charge in [0.2, 0.25) is 0 Å². The van der Waals surface area contributed by atoms with E-state index in [9.17, 15) is 9.59 Å². The Morgan fingerprint density at radius 2 is 1.71 bits per heavy atom. The van der Waals surface area contributed by atoms with Crippen LogP contribution in [0.2, 0.25) is 0 Å². The Labute approximate surface area is 147 Å². The second kappa shape index (κ2) is 9.87. The first-order chi connectivity index (χ1) is 11.5. The number of esters is 2. The molecule has 2 N–H and O–H groups in total. The summed E-state index contributed by atoms with van der Waals surface area (Å²) in [4.78, 5) is 23.3. The molecule has 7 heteroatoms. The molecule has 24 heavy (non-hydrogen) atoms. The minimum absolute atomic E-state index is 0.166. The molecule has 0 radical (unpaired) electrons. The largest absolute Gasteiger partial charge is 0.469 e. The first-order valence-corrected chi connectivity index (χ1v) is 8.20. The third-order valence-electron chi connectivity index (χ3n) is 3.63. The molecule has 0 aliphatic carbocycles. The first-order valence-electron chi connectivity index (χ1n) is 7.79. The number of hydrogen-bond donors (Lipinski definition) is 2. The topological polar surface area (TPSA) is 76.7 Å². The number of carbonyl (C=O) groups excluding carboxylic acids is 2. The van der Waals surface area contributed by atoms with E-state index >= 15 is 0 Å². The van der Waals surface area contributed by atoms with Crippen molar-refractivity contribution in [2.45, 2.75) is 39.2 Å². The summed E-state index contributed by atoms with van der Waals surface area (Å²) in [6.45, 7) is 4.12. The van der Waals surface area contributed by atoms with E-state index in [4.69, 9.17) is 17.0 Å². The van der Waals surface area contributed by atoms with Crippen LogP contribution in [0.3, 0.4) is 0 Å². The highest BCUT2D eigenvalue weighted by molar-refractivity contribution is 7.80. The van der Waals surface area contributed by atoms with Crippen molar-refractivity contribution in [3.05, 3.63) is 29.3 Å². The van der Waals surface area contributed by atoms with Gasteiger partial charge in [-0.15, -0.1) is 0 Å². The maximum atomic E-state index is 11.8. The molecule has 1 aromatic rings. The van der Waals surface area contributed by atoms with Crippen LogP contribution in [0.4, 0.5) is 5.69 Å². The molecule has 0 saturated heterocycles. The van der Waals surface area contributed by atoms with Gasteiger partial charge >= 0.3 is 11.9 Å². The second-order valence-electron chi connectivity index (χ2n) is 5.11. The summed E-state index contributed by atoms with van der Waals surface area (Å²) in [6.07, 6.45) is 1.53. The Kier molecular flexibility index (Phi) is 8.18. The van der Waals surface area contributed by atoms with Crippen molar-refractivity contribution in [3.63, 3.8) is 0 Å². The van der Waals surface area contributed by atoms with Crippen LogP contribution in [-0.4, -0.2) is 37.3 Å². The number of aryl methyl sites for hydroxylation is 2. The van der Waals surface area contributed by atoms with Gasteiger partial charge in [-0.2, -0.15) is 0 Å². The fraction of sp³-hybridized carbons (Fsp3) is 0.471. The molecule has 1 aromatic carbocycles. The Morgan fingerprint density at radius 1 is 1.12 bits per heavy atom. The van der Waals surface area contributed by atoms with Gasteiger partial charge < -0.3 is 20.1 Å². The molecule has 0 bridgehead atoms. The highest BCUT2D eigenvalue weighted by Crippen LogP contribution is 2.22. The highest BCUT2D eigenvalue weighted by atomic mass is 32.1. The van der Waals surface area contributed by atoms with Crippen LogP contribution in [0.5, 0.6) is 0 Å². The van der Waals surface area contributed by atoms with Gasteiger partial charge in [-0.25, -0.2) is 4.79 Å². The van der Waals surface area contributed by atoms with Gasteiger partial charge in [0.1, 0.15) is 6.04 Å². The number of rotatable bonds is 7. The lowest BCUT2D eigenvalue weighted by Crippen LogP contribution is -2.45. The molecule has 1 atom stereocenters. The molecule has 0 fully saturated rings. The summed E-state index contributed by atoms with van der Waals surface area (Å²) in [5, 5.41) is 6.23. The van der Waals surface area contributed by atoms with Crippen LogP contribution >= 0.6 is 12.2 Å². The number of nitrogens with one attached hydrogen (secondary N) is 2. The van der Waals surface area contributed by atoms with Crippen molar-refractivity contribution >= 4 is 35.0 Å². The number of ether oxygens (including phenoxy) is 2. The molecule has 0 heterocycles. The predicted molar refractivity (Wildman–Crippen MR) is 97.0 cm³/mol. The van der Waals surface area contributed by atoms with Crippen molar-refractivity contribution in [1.82, 2.24) is 5.32 Å². The van der Waals surface area contributed by atoms with Crippen LogP contribution in [0.1, 0.15) is 31.4 Å². The fourth-order valence-electron chi connectivity index (χ4n) is 2.30. The molecule has 0 aliphatic heterocycles. The summed E-state index contributed by atoms with van der Waals surface area (Å²) >= 11 is 5.30. The monoisotopic (exact) mass is 352 g/mol. The van der Waals surface area contributed by atoms with E-state index in [2.05, 4.69) is 29.2 Å². The number of hydrogen-bond acceptors (Lipinski definition) is 5. The van der Waals surface area contributed by atoms with E-state index in [-0.39, 0.29) is 11.5 Å². The second-order valence-corrected chi connectivity index (χ2v) is 5.52. The maximum Gasteiger partial charge on any atom is 0.328 e. The quantitative estimate of drug-likeness (QED) is 0.575. The van der Waals surface area contributed by atoms with Gasteiger partial charge in [0.15, 0.2) is 5.11 Å². The molecule has 0 aromatic heterocycles. The normalized spacial score (nSPS) is 11.3. The van der Waals surface area contributed by atoms with Gasteiger partial charge in [0, 0.05) is 5.69 Å². The van der Waals surface area contributed by atoms with Crippen molar-refractivity contribution in [2.24, 2.45) is 0 Å². The van der Waals surface area contributed by atoms with Crippen LogP contribution in [0.15, 0.2) is 18.2 Å². The molecular weight excluding hydrogens is 328 g/mol. The van der Waals surface area contributed by atoms with Gasteiger partial charge in [0.05, 0.1) is 20.6 Å². The van der Waals surface area contributed by atoms with E-state index in [0.29, 0.717) is 0 Å². The highest BCUT2D eigenvalue weighted by Gasteiger charge is 2.24. The third kappa shape index (κ3) is 5.49. The lowest BCUT2D eigenvalue weighted by molar-refractivity contribution is -0.149. The van der Waals surface area contributed by atoms with Crippen molar-refractivity contribution < 1.29 is 19.1 Å². The minimum atomic E-state index is -0.902. The minimum Gasteiger partial charge on any atom is -0.469 e. The number of para-hydroxylation sites is 1. The fourth-order valence-corrected chi connectivity index (χ4v) is 2.54. The molecular formula is C17H24N2O4S. The Morgan fingerprint density at radius 3 is 2.17 bits per heavy atom. The van der Waals surface area contributed by atoms with Gasteiger partial charge in [-0.3, -0.25) is 4.79 Å². The summed E-state index contributed by atoms with van der Waals surface area (Å²) in [5.74, 6) is -1.10. The van der Waals surface area contributed by atoms with E-state index in [0.717, 1.165) is 29.7 Å². The zero-order valence-corrected chi connectivity index (χ0v) is 15.3. The smallest absolute Gasteiger partial charge is 0.328 e. The number of benzene rings is 1.